The third-order valence-corrected chi connectivity index (χ3v) is 8.15. The van der Waals surface area contributed by atoms with Gasteiger partial charge in [-0.1, -0.05) is 37.1 Å². The fraction of sp³-hybridized carbons (Fsp3) is 0.292. The minimum atomic E-state index is -3.46. The number of Topliss-reactive ketones (excluding diaryl/α,β-unsaturated/α-hetero) is 1. The van der Waals surface area contributed by atoms with Crippen molar-refractivity contribution in [1.82, 2.24) is 9.78 Å². The van der Waals surface area contributed by atoms with Crippen LogP contribution in [-0.2, 0) is 14.6 Å². The Morgan fingerprint density at radius 3 is 2.38 bits per heavy atom. The molecular weight excluding hydrogens is 426 g/mol. The first-order valence-electron chi connectivity index (χ1n) is 10.6. The van der Waals surface area contributed by atoms with Crippen LogP contribution >= 0.6 is 0 Å². The van der Waals surface area contributed by atoms with Gasteiger partial charge in [0.05, 0.1) is 32.8 Å². The maximum atomic E-state index is 12.9. The molecule has 32 heavy (non-hydrogen) atoms. The Labute approximate surface area is 187 Å². The first-order valence-corrected chi connectivity index (χ1v) is 12.1. The highest BCUT2D eigenvalue weighted by Crippen LogP contribution is 2.30. The van der Waals surface area contributed by atoms with Gasteiger partial charge in [0.15, 0.2) is 9.84 Å². The van der Waals surface area contributed by atoms with Crippen molar-refractivity contribution in [3.63, 3.8) is 0 Å². The third kappa shape index (κ3) is 4.10. The Kier molecular flexibility index (Phi) is 5.97. The predicted molar refractivity (Wildman–Crippen MR) is 122 cm³/mol. The maximum absolute atomic E-state index is 12.9. The molecule has 1 saturated carbocycles. The molecule has 0 aliphatic heterocycles. The molecule has 0 radical (unpaired) electrons. The predicted octanol–water partition coefficient (Wildman–Crippen LogP) is 4.03. The van der Waals surface area contributed by atoms with Crippen LogP contribution in [0, 0.1) is 13.8 Å². The van der Waals surface area contributed by atoms with Gasteiger partial charge in [-0.05, 0) is 57.0 Å². The number of aryl methyl sites for hydroxylation is 1. The number of benzene rings is 2. The van der Waals surface area contributed by atoms with E-state index in [0.717, 1.165) is 18.5 Å². The maximum Gasteiger partial charge on any atom is 0.296 e. The summed E-state index contributed by atoms with van der Waals surface area (Å²) in [5.41, 5.74) is 2.31. The Bertz CT molecular complexity index is 1270. The standard InChI is InChI=1S/C24H25N3O4S/c1-16-22(17(2)27(26-16)19-10-4-3-5-11-19)23(28)24(29)25-18-9-8-14-21(15-18)32(30,31)20-12-6-7-13-20/h3-5,8-11,14-15,20H,6-7,12-13H2,1-2H3,(H,25,29). The van der Waals surface area contributed by atoms with Crippen molar-refractivity contribution in [2.45, 2.75) is 49.7 Å². The number of ketones is 1. The van der Waals surface area contributed by atoms with Crippen molar-refractivity contribution in [1.29, 1.82) is 0 Å². The molecule has 0 bridgehead atoms. The van der Waals surface area contributed by atoms with Crippen LogP contribution in [0.4, 0.5) is 5.69 Å². The number of amides is 1. The first kappa shape index (κ1) is 22.0. The smallest absolute Gasteiger partial charge is 0.296 e. The number of rotatable bonds is 6. The largest absolute Gasteiger partial charge is 0.319 e. The van der Waals surface area contributed by atoms with Gasteiger partial charge in [-0.15, -0.1) is 0 Å². The van der Waals surface area contributed by atoms with Crippen LogP contribution in [0.3, 0.4) is 0 Å². The van der Waals surface area contributed by atoms with Crippen LogP contribution in [0.15, 0.2) is 59.5 Å². The molecule has 0 atom stereocenters. The summed E-state index contributed by atoms with van der Waals surface area (Å²) in [7, 11) is -3.46. The molecule has 2 aromatic carbocycles. The summed E-state index contributed by atoms with van der Waals surface area (Å²) in [5, 5.41) is 6.59. The molecule has 8 heteroatoms. The Balaban J connectivity index is 1.57. The van der Waals surface area contributed by atoms with E-state index < -0.39 is 21.5 Å². The van der Waals surface area contributed by atoms with Gasteiger partial charge in [-0.3, -0.25) is 9.59 Å². The lowest BCUT2D eigenvalue weighted by Crippen LogP contribution is -2.24. The van der Waals surface area contributed by atoms with Gasteiger partial charge >= 0.3 is 0 Å². The number of sulfone groups is 1. The van der Waals surface area contributed by atoms with Crippen molar-refractivity contribution < 1.29 is 18.0 Å². The second-order valence-corrected chi connectivity index (χ2v) is 10.3. The van der Waals surface area contributed by atoms with E-state index in [1.54, 1.807) is 30.7 Å². The van der Waals surface area contributed by atoms with Crippen LogP contribution in [0.1, 0.15) is 47.4 Å². The van der Waals surface area contributed by atoms with Crippen LogP contribution in [0.5, 0.6) is 0 Å². The first-order chi connectivity index (χ1) is 15.3. The van der Waals surface area contributed by atoms with Crippen LogP contribution in [0.2, 0.25) is 0 Å². The zero-order chi connectivity index (χ0) is 22.9. The molecular formula is C24H25N3O4S. The molecule has 0 spiro atoms. The number of aromatic nitrogens is 2. The molecule has 0 unspecified atom stereocenters. The second kappa shape index (κ2) is 8.70. The van der Waals surface area contributed by atoms with E-state index in [2.05, 4.69) is 10.4 Å². The number of para-hydroxylation sites is 1. The zero-order valence-corrected chi connectivity index (χ0v) is 18.9. The Morgan fingerprint density at radius 1 is 1.00 bits per heavy atom. The molecule has 3 aromatic rings. The van der Waals surface area contributed by atoms with Crippen LogP contribution < -0.4 is 5.32 Å². The SMILES string of the molecule is Cc1nn(-c2ccccc2)c(C)c1C(=O)C(=O)Nc1cccc(S(=O)(=O)C2CCCC2)c1. The number of nitrogens with one attached hydrogen (secondary N) is 1. The summed E-state index contributed by atoms with van der Waals surface area (Å²) in [6, 6.07) is 15.5. The minimum absolute atomic E-state index is 0.166. The lowest BCUT2D eigenvalue weighted by molar-refractivity contribution is -0.112. The fourth-order valence-corrected chi connectivity index (χ4v) is 6.13. The summed E-state index contributed by atoms with van der Waals surface area (Å²) in [6.07, 6.45) is 3.12. The monoisotopic (exact) mass is 451 g/mol. The highest BCUT2D eigenvalue weighted by molar-refractivity contribution is 7.92. The van der Waals surface area contributed by atoms with E-state index in [4.69, 9.17) is 0 Å². The van der Waals surface area contributed by atoms with E-state index in [1.807, 2.05) is 30.3 Å². The average Bonchev–Trinajstić information content (AvgIpc) is 3.43. The Hall–Kier alpha value is -3.26. The summed E-state index contributed by atoms with van der Waals surface area (Å²) in [6.45, 7) is 3.42. The molecule has 1 heterocycles. The number of hydrogen-bond donors (Lipinski definition) is 1. The van der Waals surface area contributed by atoms with E-state index >= 15 is 0 Å². The molecule has 1 amide bonds. The van der Waals surface area contributed by atoms with Crippen LogP contribution in [-0.4, -0.2) is 35.1 Å². The molecule has 7 nitrogen and oxygen atoms in total. The summed E-state index contributed by atoms with van der Waals surface area (Å²) >= 11 is 0. The van der Waals surface area contributed by atoms with Crippen molar-refractivity contribution in [2.24, 2.45) is 0 Å². The van der Waals surface area contributed by atoms with Crippen molar-refractivity contribution >= 4 is 27.2 Å². The minimum Gasteiger partial charge on any atom is -0.319 e. The lowest BCUT2D eigenvalue weighted by Gasteiger charge is -2.12. The van der Waals surface area contributed by atoms with Gasteiger partial charge in [0.2, 0.25) is 0 Å². The lowest BCUT2D eigenvalue weighted by atomic mass is 10.1. The van der Waals surface area contributed by atoms with Gasteiger partial charge in [0.1, 0.15) is 0 Å². The number of nitrogens with zero attached hydrogens (tertiary/aromatic N) is 2. The molecule has 1 aliphatic rings. The normalized spacial score (nSPS) is 14.4. The number of carbonyl (C=O) groups excluding carboxylic acids is 2. The quantitative estimate of drug-likeness (QED) is 0.451. The number of carbonyl (C=O) groups is 2. The molecule has 1 aliphatic carbocycles. The van der Waals surface area contributed by atoms with E-state index in [0.29, 0.717) is 24.2 Å². The van der Waals surface area contributed by atoms with Gasteiger partial charge in [-0.25, -0.2) is 13.1 Å². The van der Waals surface area contributed by atoms with Gasteiger partial charge in [0, 0.05) is 5.69 Å². The molecule has 1 fully saturated rings. The van der Waals surface area contributed by atoms with Gasteiger partial charge < -0.3 is 5.32 Å². The summed E-state index contributed by atoms with van der Waals surface area (Å²) in [5.74, 6) is -1.55. The number of hydrogen-bond acceptors (Lipinski definition) is 5. The molecule has 4 rings (SSSR count). The zero-order valence-electron chi connectivity index (χ0n) is 18.0. The van der Waals surface area contributed by atoms with Crippen molar-refractivity contribution in [2.75, 3.05) is 5.32 Å². The Morgan fingerprint density at radius 2 is 1.69 bits per heavy atom. The van der Waals surface area contributed by atoms with E-state index in [-0.39, 0.29) is 21.4 Å². The fourth-order valence-electron chi connectivity index (χ4n) is 4.24. The van der Waals surface area contributed by atoms with Crippen LogP contribution in [0.25, 0.3) is 5.69 Å². The highest BCUT2D eigenvalue weighted by atomic mass is 32.2. The molecule has 1 N–H and O–H groups in total. The molecule has 1 aromatic heterocycles. The van der Waals surface area contributed by atoms with E-state index in [1.165, 1.54) is 12.1 Å². The highest BCUT2D eigenvalue weighted by Gasteiger charge is 2.31. The molecule has 0 saturated heterocycles. The van der Waals surface area contributed by atoms with Crippen molar-refractivity contribution in [3.05, 3.63) is 71.5 Å². The topological polar surface area (TPSA) is 98.1 Å². The second-order valence-electron chi connectivity index (χ2n) is 8.06. The van der Waals surface area contributed by atoms with Gasteiger partial charge in [0.25, 0.3) is 11.7 Å². The van der Waals surface area contributed by atoms with Crippen molar-refractivity contribution in [3.8, 4) is 5.69 Å². The number of anilines is 1. The van der Waals surface area contributed by atoms with E-state index in [9.17, 15) is 18.0 Å². The van der Waals surface area contributed by atoms with Gasteiger partial charge in [-0.2, -0.15) is 5.10 Å². The molecule has 166 valence electrons. The third-order valence-electron chi connectivity index (χ3n) is 5.89. The average molecular weight is 452 g/mol. The summed E-state index contributed by atoms with van der Waals surface area (Å²) < 4.78 is 27.4. The summed E-state index contributed by atoms with van der Waals surface area (Å²) in [4.78, 5) is 25.8.